The fraction of sp³-hybridized carbons (Fsp3) is 0.207. The molecule has 0 aliphatic carbocycles. The number of ether oxygens (including phenoxy) is 2. The average Bonchev–Trinajstić information content (AvgIpc) is 3.61. The molecule has 2 atom stereocenters. The first-order valence-electron chi connectivity index (χ1n) is 12.8. The van der Waals surface area contributed by atoms with Crippen LogP contribution in [0.5, 0.6) is 11.5 Å². The van der Waals surface area contributed by atoms with Gasteiger partial charge < -0.3 is 29.4 Å². The van der Waals surface area contributed by atoms with Crippen molar-refractivity contribution in [1.29, 1.82) is 0 Å². The summed E-state index contributed by atoms with van der Waals surface area (Å²) in [7, 11) is 2.98. The lowest BCUT2D eigenvalue weighted by atomic mass is 10.0. The lowest BCUT2D eigenvalue weighted by Crippen LogP contribution is -2.29. The standard InChI is InChI=1S/C29H27N5O6S/c1-4-26(35)31-20-11-9-17(15-25(20)39-3)33-28(27(32-29(33)41)21-7-5-6-14-30-21)23-13-12-22(40-23)19-10-8-18(34(36)37)16-24(19)38-2/h5-16,27-28H,4H2,1-3H3,(H,31,35)(H,32,41)/t27-,28-/m1/s1. The molecule has 1 fully saturated rings. The fourth-order valence-corrected chi connectivity index (χ4v) is 5.09. The number of nitrogens with one attached hydrogen (secondary N) is 2. The molecule has 2 aromatic heterocycles. The van der Waals surface area contributed by atoms with Crippen LogP contribution in [-0.2, 0) is 4.79 Å². The quantitative estimate of drug-likeness (QED) is 0.144. The first kappa shape index (κ1) is 27.6. The van der Waals surface area contributed by atoms with Gasteiger partial charge in [0.1, 0.15) is 29.1 Å². The van der Waals surface area contributed by atoms with E-state index < -0.39 is 11.0 Å². The van der Waals surface area contributed by atoms with Crippen LogP contribution in [0.2, 0.25) is 0 Å². The summed E-state index contributed by atoms with van der Waals surface area (Å²) < 4.78 is 17.4. The van der Waals surface area contributed by atoms with Gasteiger partial charge >= 0.3 is 0 Å². The number of nitro benzene ring substituents is 1. The van der Waals surface area contributed by atoms with Crippen LogP contribution in [0.4, 0.5) is 17.1 Å². The summed E-state index contributed by atoms with van der Waals surface area (Å²) in [6.07, 6.45) is 2.04. The molecule has 3 heterocycles. The minimum Gasteiger partial charge on any atom is -0.496 e. The number of furan rings is 1. The molecular weight excluding hydrogens is 546 g/mol. The van der Waals surface area contributed by atoms with Gasteiger partial charge in [-0.3, -0.25) is 19.9 Å². The molecule has 1 aliphatic heterocycles. The Morgan fingerprint density at radius 2 is 1.93 bits per heavy atom. The van der Waals surface area contributed by atoms with Gasteiger partial charge in [0, 0.05) is 30.4 Å². The zero-order chi connectivity index (χ0) is 29.1. The molecule has 0 spiro atoms. The van der Waals surface area contributed by atoms with E-state index in [1.807, 2.05) is 35.2 Å². The number of pyridine rings is 1. The van der Waals surface area contributed by atoms with Crippen LogP contribution in [0.25, 0.3) is 11.3 Å². The molecule has 5 rings (SSSR count). The number of hydrogen-bond acceptors (Lipinski definition) is 8. The van der Waals surface area contributed by atoms with E-state index in [2.05, 4.69) is 15.6 Å². The first-order valence-corrected chi connectivity index (χ1v) is 13.2. The van der Waals surface area contributed by atoms with Crippen molar-refractivity contribution in [3.8, 4) is 22.8 Å². The minimum atomic E-state index is -0.479. The van der Waals surface area contributed by atoms with Crippen LogP contribution in [0, 0.1) is 10.1 Å². The first-order chi connectivity index (χ1) is 19.8. The van der Waals surface area contributed by atoms with Crippen LogP contribution in [0.1, 0.15) is 36.9 Å². The number of anilines is 2. The largest absolute Gasteiger partial charge is 0.496 e. The predicted molar refractivity (Wildman–Crippen MR) is 157 cm³/mol. The van der Waals surface area contributed by atoms with Crippen molar-refractivity contribution in [2.75, 3.05) is 24.4 Å². The lowest BCUT2D eigenvalue weighted by molar-refractivity contribution is -0.384. The molecule has 1 amide bonds. The van der Waals surface area contributed by atoms with E-state index in [9.17, 15) is 14.9 Å². The highest BCUT2D eigenvalue weighted by molar-refractivity contribution is 7.80. The number of hydrogen-bond donors (Lipinski definition) is 2. The summed E-state index contributed by atoms with van der Waals surface area (Å²) in [5.74, 6) is 1.70. The van der Waals surface area contributed by atoms with Crippen molar-refractivity contribution < 1.29 is 23.6 Å². The Hall–Kier alpha value is -4.97. The number of methoxy groups -OCH3 is 2. The highest BCUT2D eigenvalue weighted by Crippen LogP contribution is 2.45. The number of rotatable bonds is 9. The minimum absolute atomic E-state index is 0.0865. The summed E-state index contributed by atoms with van der Waals surface area (Å²) in [5, 5.41) is 17.9. The number of thiocarbonyl (C=S) groups is 1. The third-order valence-electron chi connectivity index (χ3n) is 6.74. The molecule has 0 bridgehead atoms. The van der Waals surface area contributed by atoms with Gasteiger partial charge in [0.25, 0.3) is 5.69 Å². The van der Waals surface area contributed by atoms with Gasteiger partial charge in [-0.15, -0.1) is 0 Å². The Morgan fingerprint density at radius 3 is 2.61 bits per heavy atom. The second kappa shape index (κ2) is 11.6. The summed E-state index contributed by atoms with van der Waals surface area (Å²) >= 11 is 5.81. The Morgan fingerprint density at radius 1 is 1.12 bits per heavy atom. The van der Waals surface area contributed by atoms with Gasteiger partial charge in [0.2, 0.25) is 5.91 Å². The number of carbonyl (C=O) groups is 1. The normalized spacial score (nSPS) is 16.3. The van der Waals surface area contributed by atoms with Crippen LogP contribution in [0.3, 0.4) is 0 Å². The van der Waals surface area contributed by atoms with Gasteiger partial charge in [-0.1, -0.05) is 13.0 Å². The van der Waals surface area contributed by atoms with E-state index in [0.717, 1.165) is 5.69 Å². The van der Waals surface area contributed by atoms with E-state index in [1.165, 1.54) is 26.4 Å². The lowest BCUT2D eigenvalue weighted by Gasteiger charge is -2.27. The number of aromatic nitrogens is 1. The molecule has 0 radical (unpaired) electrons. The molecule has 4 aromatic rings. The molecule has 12 heteroatoms. The van der Waals surface area contributed by atoms with E-state index in [1.54, 1.807) is 37.4 Å². The van der Waals surface area contributed by atoms with Gasteiger partial charge in [-0.05, 0) is 54.7 Å². The summed E-state index contributed by atoms with van der Waals surface area (Å²) in [6.45, 7) is 1.77. The number of non-ortho nitro benzene ring substituents is 1. The van der Waals surface area contributed by atoms with Gasteiger partial charge in [0.05, 0.1) is 48.2 Å². The molecule has 0 saturated carbocycles. The zero-order valence-corrected chi connectivity index (χ0v) is 23.3. The molecule has 0 unspecified atom stereocenters. The molecule has 2 N–H and O–H groups in total. The maximum Gasteiger partial charge on any atom is 0.273 e. The van der Waals surface area contributed by atoms with Crippen molar-refractivity contribution in [1.82, 2.24) is 10.3 Å². The topological polar surface area (TPSA) is 132 Å². The number of amides is 1. The highest BCUT2D eigenvalue weighted by atomic mass is 32.1. The van der Waals surface area contributed by atoms with E-state index >= 15 is 0 Å². The number of benzene rings is 2. The third-order valence-corrected chi connectivity index (χ3v) is 7.05. The Labute approximate surface area is 241 Å². The molecule has 2 aromatic carbocycles. The van der Waals surface area contributed by atoms with Gasteiger partial charge in [-0.25, -0.2) is 0 Å². The molecule has 210 valence electrons. The number of nitrogens with zero attached hydrogens (tertiary/aromatic N) is 3. The van der Waals surface area contributed by atoms with E-state index in [0.29, 0.717) is 51.5 Å². The Balaban J connectivity index is 1.58. The third kappa shape index (κ3) is 5.41. The predicted octanol–water partition coefficient (Wildman–Crippen LogP) is 5.79. The molecule has 41 heavy (non-hydrogen) atoms. The molecule has 1 aliphatic rings. The van der Waals surface area contributed by atoms with Gasteiger partial charge in [-0.2, -0.15) is 0 Å². The maximum atomic E-state index is 12.0. The van der Waals surface area contributed by atoms with Crippen LogP contribution in [-0.4, -0.2) is 35.1 Å². The second-order valence-electron chi connectivity index (χ2n) is 9.13. The summed E-state index contributed by atoms with van der Waals surface area (Å²) in [5.41, 5.74) is 2.49. The van der Waals surface area contributed by atoms with Crippen molar-refractivity contribution in [2.45, 2.75) is 25.4 Å². The van der Waals surface area contributed by atoms with E-state index in [-0.39, 0.29) is 17.6 Å². The summed E-state index contributed by atoms with van der Waals surface area (Å²) in [6, 6.07) is 18.2. The monoisotopic (exact) mass is 573 g/mol. The van der Waals surface area contributed by atoms with Gasteiger partial charge in [0.15, 0.2) is 5.11 Å². The SMILES string of the molecule is CCC(=O)Nc1ccc(N2C(=S)N[C@H](c3ccccn3)[C@H]2c2ccc(-c3ccc([N+](=O)[O-])cc3OC)o2)cc1OC. The Kier molecular flexibility index (Phi) is 7.83. The van der Waals surface area contributed by atoms with Crippen molar-refractivity contribution >= 4 is 40.3 Å². The second-order valence-corrected chi connectivity index (χ2v) is 9.51. The molecule has 11 nitrogen and oxygen atoms in total. The smallest absolute Gasteiger partial charge is 0.273 e. The zero-order valence-electron chi connectivity index (χ0n) is 22.5. The molecule has 1 saturated heterocycles. The van der Waals surface area contributed by atoms with Crippen LogP contribution < -0.4 is 25.0 Å². The average molecular weight is 574 g/mol. The van der Waals surface area contributed by atoms with Crippen LogP contribution >= 0.6 is 12.2 Å². The van der Waals surface area contributed by atoms with Crippen molar-refractivity contribution in [2.24, 2.45) is 0 Å². The van der Waals surface area contributed by atoms with Crippen LogP contribution in [0.15, 0.2) is 77.3 Å². The Bertz CT molecular complexity index is 1610. The summed E-state index contributed by atoms with van der Waals surface area (Å²) in [4.78, 5) is 29.3. The highest BCUT2D eigenvalue weighted by Gasteiger charge is 2.43. The number of nitro groups is 1. The number of carbonyl (C=O) groups excluding carboxylic acids is 1. The fourth-order valence-electron chi connectivity index (χ4n) is 4.75. The van der Waals surface area contributed by atoms with E-state index in [4.69, 9.17) is 26.1 Å². The molecular formula is C29H27N5O6S. The maximum absolute atomic E-state index is 12.0. The van der Waals surface area contributed by atoms with Crippen molar-refractivity contribution in [3.63, 3.8) is 0 Å². The van der Waals surface area contributed by atoms with Crippen molar-refractivity contribution in [3.05, 3.63) is 94.5 Å².